The van der Waals surface area contributed by atoms with Gasteiger partial charge in [-0.05, 0) is 38.0 Å². The van der Waals surface area contributed by atoms with Gasteiger partial charge in [-0.2, -0.15) is 0 Å². The van der Waals surface area contributed by atoms with E-state index in [1.54, 1.807) is 6.21 Å². The van der Waals surface area contributed by atoms with E-state index in [9.17, 15) is 0 Å². The van der Waals surface area contributed by atoms with E-state index < -0.39 is 0 Å². The molecule has 0 saturated carbocycles. The second-order valence-corrected chi connectivity index (χ2v) is 3.32. The van der Waals surface area contributed by atoms with E-state index in [0.29, 0.717) is 0 Å². The first-order chi connectivity index (χ1) is 7.84. The monoisotopic (exact) mass is 217 g/mol. The molecule has 1 aromatic rings. The summed E-state index contributed by atoms with van der Waals surface area (Å²) >= 11 is 0. The van der Waals surface area contributed by atoms with Gasteiger partial charge in [0.05, 0.1) is 11.9 Å². The maximum atomic E-state index is 5.37. The zero-order chi connectivity index (χ0) is 11.8. The number of hydrogen-bond donors (Lipinski definition) is 0. The molecule has 1 heterocycles. The second kappa shape index (κ2) is 6.83. The van der Waals surface area contributed by atoms with Gasteiger partial charge in [-0.15, -0.1) is 0 Å². The third-order valence-corrected chi connectivity index (χ3v) is 2.08. The molecule has 0 bridgehead atoms. The average molecular weight is 217 g/mol. The van der Waals surface area contributed by atoms with Crippen molar-refractivity contribution in [3.63, 3.8) is 0 Å². The molecule has 16 heavy (non-hydrogen) atoms. The normalized spacial score (nSPS) is 14.6. The van der Waals surface area contributed by atoms with Gasteiger partial charge in [0.15, 0.2) is 0 Å². The molecular formula is C14H19NO. The maximum Gasteiger partial charge on any atom is 0.145 e. The fourth-order valence-corrected chi connectivity index (χ4v) is 1.36. The highest BCUT2D eigenvalue weighted by molar-refractivity contribution is 5.77. The highest BCUT2D eigenvalue weighted by Gasteiger charge is 1.96. The fourth-order valence-electron chi connectivity index (χ4n) is 1.36. The summed E-state index contributed by atoms with van der Waals surface area (Å²) in [5.41, 5.74) is 1.02. The molecule has 2 heteroatoms. The molecule has 2 nitrogen and oxygen atoms in total. The van der Waals surface area contributed by atoms with E-state index in [-0.39, 0.29) is 0 Å². The number of hydrogen-bond acceptors (Lipinski definition) is 2. The summed E-state index contributed by atoms with van der Waals surface area (Å²) in [6.45, 7) is 5.93. The van der Waals surface area contributed by atoms with Crippen LogP contribution in [0.3, 0.4) is 0 Å². The van der Waals surface area contributed by atoms with Gasteiger partial charge in [0, 0.05) is 0 Å². The summed E-state index contributed by atoms with van der Waals surface area (Å²) in [5.74, 6) is 1.72. The minimum atomic E-state index is 0.808. The van der Waals surface area contributed by atoms with Crippen LogP contribution in [0.5, 0.6) is 0 Å². The van der Waals surface area contributed by atoms with Gasteiger partial charge in [0.2, 0.25) is 0 Å². The van der Waals surface area contributed by atoms with Crippen molar-refractivity contribution in [3.8, 4) is 0 Å². The smallest absolute Gasteiger partial charge is 0.145 e. The molecule has 0 saturated heterocycles. The number of nitrogens with zero attached hydrogens (tertiary/aromatic N) is 1. The van der Waals surface area contributed by atoms with Crippen LogP contribution in [-0.4, -0.2) is 6.21 Å². The predicted octanol–water partition coefficient (Wildman–Crippen LogP) is 4.27. The van der Waals surface area contributed by atoms with Crippen LogP contribution in [0.4, 0.5) is 0 Å². The second-order valence-electron chi connectivity index (χ2n) is 3.32. The van der Waals surface area contributed by atoms with E-state index >= 15 is 0 Å². The maximum absolute atomic E-state index is 5.37. The predicted molar refractivity (Wildman–Crippen MR) is 68.8 cm³/mol. The molecule has 0 radical (unpaired) electrons. The summed E-state index contributed by atoms with van der Waals surface area (Å²) in [6.07, 6.45) is 10.3. The topological polar surface area (TPSA) is 25.5 Å². The summed E-state index contributed by atoms with van der Waals surface area (Å²) in [4.78, 5) is 4.32. The Balaban J connectivity index is 0.000000606. The van der Waals surface area contributed by atoms with Gasteiger partial charge in [-0.25, -0.2) is 0 Å². The first-order valence-electron chi connectivity index (χ1n) is 5.82. The Kier molecular flexibility index (Phi) is 5.34. The van der Waals surface area contributed by atoms with Crippen molar-refractivity contribution in [2.75, 3.05) is 0 Å². The summed E-state index contributed by atoms with van der Waals surface area (Å²) < 4.78 is 5.37. The molecule has 0 fully saturated rings. The number of aliphatic imine (C=N–C) groups is 1. The summed E-state index contributed by atoms with van der Waals surface area (Å²) in [6, 6.07) is 3.86. The zero-order valence-electron chi connectivity index (χ0n) is 10.2. The van der Waals surface area contributed by atoms with Crippen molar-refractivity contribution in [2.45, 2.75) is 33.6 Å². The number of rotatable bonds is 2. The largest absolute Gasteiger partial charge is 0.460 e. The van der Waals surface area contributed by atoms with Crippen LogP contribution in [0.15, 0.2) is 45.5 Å². The van der Waals surface area contributed by atoms with Gasteiger partial charge in [-0.1, -0.05) is 26.0 Å². The van der Waals surface area contributed by atoms with E-state index in [1.165, 1.54) is 0 Å². The van der Waals surface area contributed by atoms with Crippen LogP contribution in [0.25, 0.3) is 0 Å². The third kappa shape index (κ3) is 3.89. The van der Waals surface area contributed by atoms with Crippen molar-refractivity contribution in [1.82, 2.24) is 0 Å². The highest BCUT2D eigenvalue weighted by Crippen LogP contribution is 2.11. The molecule has 1 aliphatic rings. The average Bonchev–Trinajstić information content (AvgIpc) is 2.77. The Bertz CT molecular complexity index is 397. The minimum absolute atomic E-state index is 0.808. The van der Waals surface area contributed by atoms with E-state index in [4.69, 9.17) is 4.42 Å². The lowest BCUT2D eigenvalue weighted by Crippen LogP contribution is -1.82. The molecule has 1 aliphatic carbocycles. The molecule has 0 atom stereocenters. The Hall–Kier alpha value is -1.57. The van der Waals surface area contributed by atoms with Crippen molar-refractivity contribution >= 4 is 6.21 Å². The third-order valence-electron chi connectivity index (χ3n) is 2.08. The highest BCUT2D eigenvalue weighted by atomic mass is 16.3. The Morgan fingerprint density at radius 3 is 2.62 bits per heavy atom. The molecule has 86 valence electrons. The Morgan fingerprint density at radius 1 is 1.25 bits per heavy atom. The quantitative estimate of drug-likeness (QED) is 0.679. The van der Waals surface area contributed by atoms with Crippen molar-refractivity contribution < 1.29 is 4.42 Å². The molecule has 0 N–H and O–H groups in total. The van der Waals surface area contributed by atoms with E-state index in [0.717, 1.165) is 30.1 Å². The van der Waals surface area contributed by atoms with Gasteiger partial charge >= 0.3 is 0 Å². The summed E-state index contributed by atoms with van der Waals surface area (Å²) in [7, 11) is 0. The van der Waals surface area contributed by atoms with E-state index in [1.807, 2.05) is 39.0 Å². The van der Waals surface area contributed by atoms with Crippen molar-refractivity contribution in [2.24, 2.45) is 4.99 Å². The molecule has 0 aliphatic heterocycles. The van der Waals surface area contributed by atoms with Gasteiger partial charge in [0.25, 0.3) is 0 Å². The molecule has 0 aromatic carbocycles. The molecule has 0 unspecified atom stereocenters. The van der Waals surface area contributed by atoms with Gasteiger partial charge in [0.1, 0.15) is 11.5 Å². The standard InChI is InChI=1S/C12H13NO.C2H6/c1-10-7-8-12(14-10)9-13-11-5-3-2-4-6-11;1-2/h3,5-9H,2,4H2,1H3;1-2H3. The first kappa shape index (κ1) is 12.5. The van der Waals surface area contributed by atoms with Crippen LogP contribution >= 0.6 is 0 Å². The molecule has 0 spiro atoms. The fraction of sp³-hybridized carbons (Fsp3) is 0.357. The lowest BCUT2D eigenvalue weighted by Gasteiger charge is -1.99. The van der Waals surface area contributed by atoms with Crippen molar-refractivity contribution in [1.29, 1.82) is 0 Å². The van der Waals surface area contributed by atoms with Gasteiger partial charge < -0.3 is 4.42 Å². The van der Waals surface area contributed by atoms with Crippen LogP contribution in [-0.2, 0) is 0 Å². The van der Waals surface area contributed by atoms with E-state index in [2.05, 4.69) is 17.1 Å². The lowest BCUT2D eigenvalue weighted by molar-refractivity contribution is 0.528. The minimum Gasteiger partial charge on any atom is -0.460 e. The van der Waals surface area contributed by atoms with Crippen LogP contribution in [0.2, 0.25) is 0 Å². The number of allylic oxidation sites excluding steroid dienone is 3. The number of aryl methyl sites for hydroxylation is 1. The molecular weight excluding hydrogens is 198 g/mol. The molecule has 0 amide bonds. The van der Waals surface area contributed by atoms with Crippen LogP contribution in [0.1, 0.15) is 38.2 Å². The number of furan rings is 1. The van der Waals surface area contributed by atoms with Crippen LogP contribution < -0.4 is 0 Å². The Labute approximate surface area is 97.4 Å². The molecule has 2 rings (SSSR count). The first-order valence-corrected chi connectivity index (χ1v) is 5.82. The van der Waals surface area contributed by atoms with Gasteiger partial charge in [-0.3, -0.25) is 4.99 Å². The van der Waals surface area contributed by atoms with Crippen LogP contribution in [0, 0.1) is 6.92 Å². The van der Waals surface area contributed by atoms with Crippen molar-refractivity contribution in [3.05, 3.63) is 47.6 Å². The zero-order valence-corrected chi connectivity index (χ0v) is 10.2. The summed E-state index contributed by atoms with van der Waals surface area (Å²) in [5, 5.41) is 0. The SMILES string of the molecule is CC.Cc1ccc(C=NC2=CCCC=C2)o1. The molecule has 1 aromatic heterocycles. The Morgan fingerprint density at radius 2 is 2.06 bits per heavy atom. The lowest BCUT2D eigenvalue weighted by atomic mass is 10.1.